The zero-order chi connectivity index (χ0) is 13.9. The lowest BCUT2D eigenvalue weighted by molar-refractivity contribution is 0.0826. The normalized spacial score (nSPS) is 11.3. The van der Waals surface area contributed by atoms with Crippen LogP contribution in [0.2, 0.25) is 0 Å². The molecule has 0 aliphatic heterocycles. The van der Waals surface area contributed by atoms with Gasteiger partial charge in [-0.05, 0) is 25.3 Å². The van der Waals surface area contributed by atoms with E-state index in [0.29, 0.717) is 0 Å². The number of hydrogen-bond donors (Lipinski definition) is 3. The van der Waals surface area contributed by atoms with Crippen molar-refractivity contribution in [1.29, 1.82) is 0 Å². The molecule has 0 atom stereocenters. The van der Waals surface area contributed by atoms with Gasteiger partial charge in [-0.3, -0.25) is 0 Å². The molecule has 0 aromatic heterocycles. The number of carbonyl (C=O) groups is 1. The van der Waals surface area contributed by atoms with Crippen LogP contribution in [-0.4, -0.2) is 23.3 Å². The molecule has 100 valence electrons. The third-order valence-electron chi connectivity index (χ3n) is 2.72. The van der Waals surface area contributed by atoms with Crippen LogP contribution in [0.5, 0.6) is 0 Å². The van der Waals surface area contributed by atoms with Crippen LogP contribution in [-0.2, 0) is 0 Å². The van der Waals surface area contributed by atoms with Crippen LogP contribution in [0.3, 0.4) is 0 Å². The minimum atomic E-state index is -0.921. The van der Waals surface area contributed by atoms with Gasteiger partial charge in [-0.25, -0.2) is 4.79 Å². The molecule has 0 fully saturated rings. The highest BCUT2D eigenvalue weighted by Gasteiger charge is 2.14. The number of amides is 2. The molecule has 2 aromatic rings. The average molecular weight is 258 g/mol. The molecule has 0 saturated carbocycles. The molecule has 0 bridgehead atoms. The van der Waals surface area contributed by atoms with Crippen LogP contribution in [0.4, 0.5) is 10.5 Å². The van der Waals surface area contributed by atoms with Gasteiger partial charge in [0.15, 0.2) is 0 Å². The molecule has 2 rings (SSSR count). The van der Waals surface area contributed by atoms with Gasteiger partial charge in [0.1, 0.15) is 0 Å². The monoisotopic (exact) mass is 258 g/mol. The van der Waals surface area contributed by atoms with Crippen molar-refractivity contribution in [3.05, 3.63) is 42.5 Å². The van der Waals surface area contributed by atoms with Crippen LogP contribution < -0.4 is 10.6 Å². The Labute approximate surface area is 112 Å². The average Bonchev–Trinajstić information content (AvgIpc) is 2.36. The highest BCUT2D eigenvalue weighted by Crippen LogP contribution is 2.22. The Morgan fingerprint density at radius 2 is 1.84 bits per heavy atom. The van der Waals surface area contributed by atoms with E-state index in [1.807, 2.05) is 42.5 Å². The van der Waals surface area contributed by atoms with Gasteiger partial charge in [0, 0.05) is 11.9 Å². The SMILES string of the molecule is CC(C)(O)CNC(=O)Nc1cccc2ccccc12. The van der Waals surface area contributed by atoms with Gasteiger partial charge in [-0.2, -0.15) is 0 Å². The molecular weight excluding hydrogens is 240 g/mol. The third-order valence-corrected chi connectivity index (χ3v) is 2.72. The number of benzene rings is 2. The number of anilines is 1. The number of hydrogen-bond acceptors (Lipinski definition) is 2. The van der Waals surface area contributed by atoms with Gasteiger partial charge in [-0.1, -0.05) is 36.4 Å². The summed E-state index contributed by atoms with van der Waals surface area (Å²) >= 11 is 0. The van der Waals surface area contributed by atoms with Gasteiger partial charge in [0.2, 0.25) is 0 Å². The summed E-state index contributed by atoms with van der Waals surface area (Å²) in [5.41, 5.74) is -0.165. The maximum Gasteiger partial charge on any atom is 0.319 e. The summed E-state index contributed by atoms with van der Waals surface area (Å²) in [6.07, 6.45) is 0. The summed E-state index contributed by atoms with van der Waals surface area (Å²) in [6.45, 7) is 3.49. The molecule has 0 aliphatic rings. The highest BCUT2D eigenvalue weighted by atomic mass is 16.3. The largest absolute Gasteiger partial charge is 0.389 e. The Kier molecular flexibility index (Phi) is 3.71. The van der Waals surface area contributed by atoms with E-state index in [0.717, 1.165) is 16.5 Å². The number of carbonyl (C=O) groups excluding carboxylic acids is 1. The maximum atomic E-state index is 11.8. The summed E-state index contributed by atoms with van der Waals surface area (Å²) in [5, 5.41) is 17.1. The molecule has 4 heteroatoms. The van der Waals surface area contributed by atoms with Crippen LogP contribution in [0.25, 0.3) is 10.8 Å². The van der Waals surface area contributed by atoms with Crippen molar-refractivity contribution in [3.63, 3.8) is 0 Å². The zero-order valence-electron chi connectivity index (χ0n) is 11.1. The fourth-order valence-corrected chi connectivity index (χ4v) is 1.80. The first kappa shape index (κ1) is 13.4. The number of fused-ring (bicyclic) bond motifs is 1. The van der Waals surface area contributed by atoms with Gasteiger partial charge in [0.25, 0.3) is 0 Å². The first-order valence-electron chi connectivity index (χ1n) is 6.21. The van der Waals surface area contributed by atoms with Crippen LogP contribution >= 0.6 is 0 Å². The van der Waals surface area contributed by atoms with E-state index in [9.17, 15) is 9.90 Å². The van der Waals surface area contributed by atoms with E-state index in [2.05, 4.69) is 10.6 Å². The van der Waals surface area contributed by atoms with Crippen molar-refractivity contribution in [2.45, 2.75) is 19.4 Å². The smallest absolute Gasteiger partial charge is 0.319 e. The summed E-state index contributed by atoms with van der Waals surface area (Å²) in [7, 11) is 0. The lowest BCUT2D eigenvalue weighted by Gasteiger charge is -2.18. The van der Waals surface area contributed by atoms with Gasteiger partial charge >= 0.3 is 6.03 Å². The molecule has 0 saturated heterocycles. The topological polar surface area (TPSA) is 61.4 Å². The lowest BCUT2D eigenvalue weighted by atomic mass is 10.1. The van der Waals surface area contributed by atoms with E-state index in [1.54, 1.807) is 13.8 Å². The number of nitrogens with one attached hydrogen (secondary N) is 2. The summed E-state index contributed by atoms with van der Waals surface area (Å²) in [5.74, 6) is 0. The predicted octanol–water partition coefficient (Wildman–Crippen LogP) is 2.73. The van der Waals surface area contributed by atoms with Crippen molar-refractivity contribution < 1.29 is 9.90 Å². The molecule has 4 nitrogen and oxygen atoms in total. The molecule has 0 heterocycles. The molecule has 0 spiro atoms. The predicted molar refractivity (Wildman–Crippen MR) is 77.3 cm³/mol. The Balaban J connectivity index is 2.11. The maximum absolute atomic E-state index is 11.8. The summed E-state index contributed by atoms with van der Waals surface area (Å²) in [6, 6.07) is 13.3. The Morgan fingerprint density at radius 1 is 1.16 bits per heavy atom. The first-order chi connectivity index (χ1) is 8.96. The minimum absolute atomic E-state index is 0.198. The van der Waals surface area contributed by atoms with E-state index in [-0.39, 0.29) is 12.6 Å². The number of urea groups is 1. The van der Waals surface area contributed by atoms with Crippen LogP contribution in [0, 0.1) is 0 Å². The molecule has 0 aliphatic carbocycles. The highest BCUT2D eigenvalue weighted by molar-refractivity contribution is 6.01. The van der Waals surface area contributed by atoms with Crippen molar-refractivity contribution >= 4 is 22.5 Å². The fraction of sp³-hybridized carbons (Fsp3) is 0.267. The summed E-state index contributed by atoms with van der Waals surface area (Å²) in [4.78, 5) is 11.8. The number of aliphatic hydroxyl groups is 1. The van der Waals surface area contributed by atoms with Gasteiger partial charge in [-0.15, -0.1) is 0 Å². The molecule has 19 heavy (non-hydrogen) atoms. The zero-order valence-corrected chi connectivity index (χ0v) is 11.1. The van der Waals surface area contributed by atoms with Crippen molar-refractivity contribution in [3.8, 4) is 0 Å². The Hall–Kier alpha value is -2.07. The minimum Gasteiger partial charge on any atom is -0.389 e. The van der Waals surface area contributed by atoms with Gasteiger partial charge < -0.3 is 15.7 Å². The summed E-state index contributed by atoms with van der Waals surface area (Å²) < 4.78 is 0. The second-order valence-electron chi connectivity index (χ2n) is 5.15. The molecular formula is C15H18N2O2. The second kappa shape index (κ2) is 5.28. The van der Waals surface area contributed by atoms with E-state index in [1.165, 1.54) is 0 Å². The van der Waals surface area contributed by atoms with Gasteiger partial charge in [0.05, 0.1) is 11.3 Å². The van der Waals surface area contributed by atoms with E-state index < -0.39 is 5.60 Å². The third kappa shape index (κ3) is 3.69. The molecule has 3 N–H and O–H groups in total. The quantitative estimate of drug-likeness (QED) is 0.792. The van der Waals surface area contributed by atoms with Crippen molar-refractivity contribution in [1.82, 2.24) is 5.32 Å². The lowest BCUT2D eigenvalue weighted by Crippen LogP contribution is -2.40. The second-order valence-corrected chi connectivity index (χ2v) is 5.15. The molecule has 2 aromatic carbocycles. The molecule has 0 unspecified atom stereocenters. The number of rotatable bonds is 3. The van der Waals surface area contributed by atoms with Crippen molar-refractivity contribution in [2.24, 2.45) is 0 Å². The first-order valence-corrected chi connectivity index (χ1v) is 6.21. The fourth-order valence-electron chi connectivity index (χ4n) is 1.80. The van der Waals surface area contributed by atoms with E-state index >= 15 is 0 Å². The van der Waals surface area contributed by atoms with E-state index in [4.69, 9.17) is 0 Å². The molecule has 2 amide bonds. The van der Waals surface area contributed by atoms with Crippen LogP contribution in [0.15, 0.2) is 42.5 Å². The van der Waals surface area contributed by atoms with Crippen molar-refractivity contribution in [2.75, 3.05) is 11.9 Å². The Morgan fingerprint density at radius 3 is 2.58 bits per heavy atom. The van der Waals surface area contributed by atoms with Crippen LogP contribution in [0.1, 0.15) is 13.8 Å². The Bertz CT molecular complexity index is 583. The standard InChI is InChI=1S/C15H18N2O2/c1-15(2,19)10-16-14(18)17-13-9-5-7-11-6-3-4-8-12(11)13/h3-9,19H,10H2,1-2H3,(H2,16,17,18). The molecule has 0 radical (unpaired) electrons.